The lowest BCUT2D eigenvalue weighted by atomic mass is 10.0. The van der Waals surface area contributed by atoms with Crippen molar-refractivity contribution in [3.05, 3.63) is 72.3 Å². The van der Waals surface area contributed by atoms with Crippen molar-refractivity contribution in [2.24, 2.45) is 5.92 Å². The molecule has 1 aliphatic rings. The predicted octanol–water partition coefficient (Wildman–Crippen LogP) is 5.88. The Kier molecular flexibility index (Phi) is 7.43. The number of carbonyl (C=O) groups excluding carboxylic acids is 1. The van der Waals surface area contributed by atoms with E-state index >= 15 is 0 Å². The third-order valence-electron chi connectivity index (χ3n) is 7.09. The lowest BCUT2D eigenvalue weighted by molar-refractivity contribution is 0.00837. The average Bonchev–Trinajstić information content (AvgIpc) is 3.01. The fraction of sp³-hybridized carbons (Fsp3) is 0.444. The molecule has 3 unspecified atom stereocenters. The van der Waals surface area contributed by atoms with Gasteiger partial charge in [0.1, 0.15) is 6.10 Å². The van der Waals surface area contributed by atoms with Gasteiger partial charge in [-0.2, -0.15) is 0 Å². The molecular formula is C27H36O4Si. The van der Waals surface area contributed by atoms with Crippen LogP contribution in [0.2, 0.25) is 18.1 Å². The quantitative estimate of drug-likeness (QED) is 0.324. The highest BCUT2D eigenvalue weighted by molar-refractivity contribution is 6.80. The van der Waals surface area contributed by atoms with Gasteiger partial charge in [-0.1, -0.05) is 82.9 Å². The number of esters is 1. The van der Waals surface area contributed by atoms with E-state index in [4.69, 9.17) is 9.47 Å². The summed E-state index contributed by atoms with van der Waals surface area (Å²) < 4.78 is 11.9. The number of aliphatic hydroxyl groups excluding tert-OH is 1. The molecule has 5 heteroatoms. The molecule has 0 aromatic heterocycles. The van der Waals surface area contributed by atoms with E-state index in [1.807, 2.05) is 42.5 Å². The molecule has 0 heterocycles. The van der Waals surface area contributed by atoms with Crippen LogP contribution in [0.15, 0.2) is 66.7 Å². The summed E-state index contributed by atoms with van der Waals surface area (Å²) >= 11 is 0. The minimum absolute atomic E-state index is 0.192. The van der Waals surface area contributed by atoms with Gasteiger partial charge in [0.15, 0.2) is 0 Å². The maximum atomic E-state index is 12.8. The van der Waals surface area contributed by atoms with Crippen LogP contribution < -0.4 is 0 Å². The van der Waals surface area contributed by atoms with Crippen LogP contribution in [0.5, 0.6) is 0 Å². The van der Waals surface area contributed by atoms with Gasteiger partial charge in [-0.3, -0.25) is 0 Å². The second-order valence-electron chi connectivity index (χ2n) is 10.5. The Morgan fingerprint density at radius 3 is 2.25 bits per heavy atom. The summed E-state index contributed by atoms with van der Waals surface area (Å²) in [5, 5.41) is 10.6. The molecule has 2 aromatic rings. The number of carbonyl (C=O) groups is 1. The molecule has 0 bridgehead atoms. The van der Waals surface area contributed by atoms with Crippen LogP contribution >= 0.6 is 0 Å². The Morgan fingerprint density at radius 2 is 1.66 bits per heavy atom. The minimum Gasteiger partial charge on any atom is -0.458 e. The van der Waals surface area contributed by atoms with Crippen LogP contribution in [-0.2, 0) is 9.47 Å². The zero-order valence-electron chi connectivity index (χ0n) is 19.9. The van der Waals surface area contributed by atoms with Crippen molar-refractivity contribution in [1.29, 1.82) is 0 Å². The van der Waals surface area contributed by atoms with Crippen molar-refractivity contribution in [1.82, 2.24) is 0 Å². The summed E-state index contributed by atoms with van der Waals surface area (Å²) in [5.74, 6) is -0.576. The van der Waals surface area contributed by atoms with E-state index in [1.165, 1.54) is 0 Å². The summed E-state index contributed by atoms with van der Waals surface area (Å²) in [4.78, 5) is 12.8. The van der Waals surface area contributed by atoms with Gasteiger partial charge in [-0.25, -0.2) is 4.79 Å². The molecule has 0 saturated heterocycles. The van der Waals surface area contributed by atoms with Crippen LogP contribution in [0.1, 0.15) is 37.6 Å². The van der Waals surface area contributed by atoms with Crippen molar-refractivity contribution in [2.45, 2.75) is 57.5 Å². The lowest BCUT2D eigenvalue weighted by Crippen LogP contribution is -2.43. The van der Waals surface area contributed by atoms with Crippen LogP contribution in [0.4, 0.5) is 0 Å². The van der Waals surface area contributed by atoms with Gasteiger partial charge in [-0.15, -0.1) is 0 Å². The molecule has 1 fully saturated rings. The van der Waals surface area contributed by atoms with Crippen LogP contribution in [-0.4, -0.2) is 44.2 Å². The Labute approximate surface area is 193 Å². The minimum atomic E-state index is -1.58. The van der Waals surface area contributed by atoms with Gasteiger partial charge in [-0.05, 0) is 33.9 Å². The van der Waals surface area contributed by atoms with Crippen LogP contribution in [0, 0.1) is 5.92 Å². The smallest absolute Gasteiger partial charge is 0.338 e. The Morgan fingerprint density at radius 1 is 1.06 bits per heavy atom. The van der Waals surface area contributed by atoms with Gasteiger partial charge in [0.05, 0.1) is 26.3 Å². The zero-order valence-corrected chi connectivity index (χ0v) is 20.9. The number of ether oxygens (including phenoxy) is 2. The van der Waals surface area contributed by atoms with Gasteiger partial charge in [0.2, 0.25) is 0 Å². The molecular weight excluding hydrogens is 416 g/mol. The second kappa shape index (κ2) is 9.73. The van der Waals surface area contributed by atoms with Gasteiger partial charge < -0.3 is 14.6 Å². The summed E-state index contributed by atoms with van der Waals surface area (Å²) in [5.41, 5.74) is 3.33. The fourth-order valence-electron chi connectivity index (χ4n) is 3.66. The summed E-state index contributed by atoms with van der Waals surface area (Å²) in [7, 11) is -1.58. The molecule has 32 heavy (non-hydrogen) atoms. The van der Waals surface area contributed by atoms with E-state index < -0.39 is 20.3 Å². The molecule has 1 aliphatic carbocycles. The number of aliphatic hydroxyl groups is 1. The third kappa shape index (κ3) is 5.58. The van der Waals surface area contributed by atoms with Gasteiger partial charge in [0.25, 0.3) is 0 Å². The average molecular weight is 453 g/mol. The molecule has 2 aromatic carbocycles. The van der Waals surface area contributed by atoms with E-state index in [9.17, 15) is 9.90 Å². The van der Waals surface area contributed by atoms with E-state index in [1.54, 1.807) is 12.1 Å². The molecule has 4 nitrogen and oxygen atoms in total. The van der Waals surface area contributed by atoms with Gasteiger partial charge in [0, 0.05) is 18.6 Å². The van der Waals surface area contributed by atoms with E-state index in [0.29, 0.717) is 24.2 Å². The molecule has 3 atom stereocenters. The second-order valence-corrected chi connectivity index (χ2v) is 16.0. The first kappa shape index (κ1) is 24.4. The van der Waals surface area contributed by atoms with Crippen LogP contribution in [0.3, 0.4) is 0 Å². The largest absolute Gasteiger partial charge is 0.458 e. The molecule has 0 spiro atoms. The SMILES string of the molecule is C=C1C(O)CC(OC(=O)c2ccc(-c3ccccc3)cc2)C1COC[Si](C)(C)C(C)(C)C. The predicted molar refractivity (Wildman–Crippen MR) is 132 cm³/mol. The highest BCUT2D eigenvalue weighted by Crippen LogP contribution is 2.37. The van der Waals surface area contributed by atoms with Crippen molar-refractivity contribution >= 4 is 14.0 Å². The Balaban J connectivity index is 1.63. The number of hydrogen-bond donors (Lipinski definition) is 1. The molecule has 3 rings (SSSR count). The molecule has 1 N–H and O–H groups in total. The molecule has 0 radical (unpaired) electrons. The molecule has 0 amide bonds. The monoisotopic (exact) mass is 452 g/mol. The molecule has 1 saturated carbocycles. The van der Waals surface area contributed by atoms with E-state index in [-0.39, 0.29) is 16.9 Å². The molecule has 0 aliphatic heterocycles. The Bertz CT molecular complexity index is 928. The fourth-order valence-corrected chi connectivity index (χ4v) is 4.72. The van der Waals surface area contributed by atoms with Crippen molar-refractivity contribution in [3.8, 4) is 11.1 Å². The zero-order chi connectivity index (χ0) is 23.5. The van der Waals surface area contributed by atoms with Crippen molar-refractivity contribution < 1.29 is 19.4 Å². The topological polar surface area (TPSA) is 55.8 Å². The van der Waals surface area contributed by atoms with E-state index in [0.717, 1.165) is 17.4 Å². The first-order valence-corrected chi connectivity index (χ1v) is 14.5. The standard InChI is InChI=1S/C27H36O4Si/c1-19-23(17-30-18-32(5,6)27(2,3)4)25(16-24(19)28)31-26(29)22-14-12-21(13-15-22)20-10-8-7-9-11-20/h7-15,23-25,28H,1,16-18H2,2-6H3. The number of benzene rings is 2. The Hall–Kier alpha value is -2.21. The van der Waals surface area contributed by atoms with Crippen LogP contribution in [0.25, 0.3) is 11.1 Å². The van der Waals surface area contributed by atoms with Gasteiger partial charge >= 0.3 is 5.97 Å². The first-order valence-electron chi connectivity index (χ1n) is 11.3. The normalized spacial score (nSPS) is 21.6. The summed E-state index contributed by atoms with van der Waals surface area (Å²) in [6.45, 7) is 15.9. The number of rotatable bonds is 7. The summed E-state index contributed by atoms with van der Waals surface area (Å²) in [6.07, 6.45) is -0.0216. The molecule has 172 valence electrons. The first-order chi connectivity index (χ1) is 15.0. The third-order valence-corrected chi connectivity index (χ3v) is 12.1. The highest BCUT2D eigenvalue weighted by atomic mass is 28.3. The maximum Gasteiger partial charge on any atom is 0.338 e. The lowest BCUT2D eigenvalue weighted by Gasteiger charge is -2.37. The highest BCUT2D eigenvalue weighted by Gasteiger charge is 2.41. The number of hydrogen-bond acceptors (Lipinski definition) is 4. The maximum absolute atomic E-state index is 12.8. The van der Waals surface area contributed by atoms with E-state index in [2.05, 4.69) is 40.4 Å². The van der Waals surface area contributed by atoms with Crippen molar-refractivity contribution in [2.75, 3.05) is 12.8 Å². The van der Waals surface area contributed by atoms with Crippen molar-refractivity contribution in [3.63, 3.8) is 0 Å². The summed E-state index contributed by atoms with van der Waals surface area (Å²) in [6, 6.07) is 17.4.